The minimum Gasteiger partial charge on any atom is -0.302 e. The van der Waals surface area contributed by atoms with Crippen LogP contribution in [0.15, 0.2) is 12.4 Å². The van der Waals surface area contributed by atoms with Gasteiger partial charge in [0.25, 0.3) is 0 Å². The van der Waals surface area contributed by atoms with Crippen molar-refractivity contribution in [1.82, 2.24) is 14.7 Å². The standard InChI is InChI=1S/C13H21N3O/c1-3-12-10-16(7-5-13(12)17)6-4-11-8-14-15(2)9-11/h8-9,12H,3-7,10H2,1-2H3. The van der Waals surface area contributed by atoms with Gasteiger partial charge in [0.2, 0.25) is 0 Å². The minimum absolute atomic E-state index is 0.262. The van der Waals surface area contributed by atoms with Gasteiger partial charge in [0.1, 0.15) is 5.78 Å². The fraction of sp³-hybridized carbons (Fsp3) is 0.692. The van der Waals surface area contributed by atoms with Crippen molar-refractivity contribution < 1.29 is 4.79 Å². The molecule has 1 unspecified atom stereocenters. The van der Waals surface area contributed by atoms with E-state index in [1.165, 1.54) is 5.56 Å². The monoisotopic (exact) mass is 235 g/mol. The number of carbonyl (C=O) groups is 1. The van der Waals surface area contributed by atoms with Crippen molar-refractivity contribution >= 4 is 5.78 Å². The highest BCUT2D eigenvalue weighted by Crippen LogP contribution is 2.16. The molecule has 1 atom stereocenters. The van der Waals surface area contributed by atoms with E-state index in [0.717, 1.165) is 38.9 Å². The Labute approximate surface area is 103 Å². The summed E-state index contributed by atoms with van der Waals surface area (Å²) >= 11 is 0. The molecule has 0 N–H and O–H groups in total. The highest BCUT2D eigenvalue weighted by molar-refractivity contribution is 5.82. The van der Waals surface area contributed by atoms with Crippen LogP contribution in [-0.2, 0) is 18.3 Å². The second-order valence-corrected chi connectivity index (χ2v) is 4.89. The van der Waals surface area contributed by atoms with Crippen LogP contribution in [0.3, 0.4) is 0 Å². The summed E-state index contributed by atoms with van der Waals surface area (Å²) < 4.78 is 1.84. The number of Topliss-reactive ketones (excluding diaryl/α,β-unsaturated/α-hetero) is 1. The zero-order chi connectivity index (χ0) is 12.3. The van der Waals surface area contributed by atoms with Crippen molar-refractivity contribution in [3.63, 3.8) is 0 Å². The van der Waals surface area contributed by atoms with Gasteiger partial charge in [0.05, 0.1) is 6.20 Å². The minimum atomic E-state index is 0.262. The van der Waals surface area contributed by atoms with Crippen molar-refractivity contribution in [3.05, 3.63) is 18.0 Å². The van der Waals surface area contributed by atoms with Gasteiger partial charge in [-0.25, -0.2) is 0 Å². The molecule has 0 radical (unpaired) electrons. The number of likely N-dealkylation sites (tertiary alicyclic amines) is 1. The Hall–Kier alpha value is -1.16. The summed E-state index contributed by atoms with van der Waals surface area (Å²) in [6.07, 6.45) is 6.71. The maximum atomic E-state index is 11.6. The number of aryl methyl sites for hydroxylation is 1. The van der Waals surface area contributed by atoms with Gasteiger partial charge < -0.3 is 4.90 Å². The largest absolute Gasteiger partial charge is 0.302 e. The molecule has 94 valence electrons. The van der Waals surface area contributed by atoms with E-state index >= 15 is 0 Å². The lowest BCUT2D eigenvalue weighted by molar-refractivity contribution is -0.126. The van der Waals surface area contributed by atoms with Crippen LogP contribution < -0.4 is 0 Å². The van der Waals surface area contributed by atoms with Crippen LogP contribution in [0.25, 0.3) is 0 Å². The van der Waals surface area contributed by atoms with Crippen molar-refractivity contribution in [2.45, 2.75) is 26.2 Å². The SMILES string of the molecule is CCC1CN(CCc2cnn(C)c2)CCC1=O. The van der Waals surface area contributed by atoms with Gasteiger partial charge in [0.15, 0.2) is 0 Å². The fourth-order valence-corrected chi connectivity index (χ4v) is 2.43. The Morgan fingerprint density at radius 1 is 1.53 bits per heavy atom. The molecule has 0 aliphatic carbocycles. The third-order valence-electron chi connectivity index (χ3n) is 3.58. The lowest BCUT2D eigenvalue weighted by Gasteiger charge is -2.31. The molecule has 0 aromatic carbocycles. The summed E-state index contributed by atoms with van der Waals surface area (Å²) in [5.74, 6) is 0.711. The molecular weight excluding hydrogens is 214 g/mol. The summed E-state index contributed by atoms with van der Waals surface area (Å²) in [6, 6.07) is 0. The van der Waals surface area contributed by atoms with Crippen LogP contribution in [-0.4, -0.2) is 40.1 Å². The van der Waals surface area contributed by atoms with Gasteiger partial charge in [-0.3, -0.25) is 9.48 Å². The average Bonchev–Trinajstić information content (AvgIpc) is 2.74. The molecule has 2 heterocycles. The summed E-state index contributed by atoms with van der Waals surface area (Å²) in [5.41, 5.74) is 1.28. The first-order valence-corrected chi connectivity index (χ1v) is 6.41. The number of carbonyl (C=O) groups excluding carboxylic acids is 1. The first-order valence-electron chi connectivity index (χ1n) is 6.41. The molecule has 0 saturated carbocycles. The number of hydrogen-bond acceptors (Lipinski definition) is 3. The van der Waals surface area contributed by atoms with Crippen molar-refractivity contribution in [1.29, 1.82) is 0 Å². The zero-order valence-electron chi connectivity index (χ0n) is 10.7. The molecule has 1 aromatic rings. The molecular formula is C13H21N3O. The number of ketones is 1. The number of nitrogens with zero attached hydrogens (tertiary/aromatic N) is 3. The van der Waals surface area contributed by atoms with E-state index in [1.54, 1.807) is 0 Å². The normalized spacial score (nSPS) is 22.0. The van der Waals surface area contributed by atoms with Gasteiger partial charge >= 0.3 is 0 Å². The molecule has 1 saturated heterocycles. The van der Waals surface area contributed by atoms with Crippen molar-refractivity contribution in [3.8, 4) is 0 Å². The molecule has 4 nitrogen and oxygen atoms in total. The van der Waals surface area contributed by atoms with E-state index in [0.29, 0.717) is 5.78 Å². The van der Waals surface area contributed by atoms with Crippen LogP contribution in [0.1, 0.15) is 25.3 Å². The van der Waals surface area contributed by atoms with Gasteiger partial charge in [0, 0.05) is 45.2 Å². The Kier molecular flexibility index (Phi) is 3.94. The van der Waals surface area contributed by atoms with E-state index in [9.17, 15) is 4.79 Å². The second-order valence-electron chi connectivity index (χ2n) is 4.89. The van der Waals surface area contributed by atoms with E-state index in [4.69, 9.17) is 0 Å². The highest BCUT2D eigenvalue weighted by Gasteiger charge is 2.25. The lowest BCUT2D eigenvalue weighted by atomic mass is 9.94. The van der Waals surface area contributed by atoms with Gasteiger partial charge in [-0.2, -0.15) is 5.10 Å². The van der Waals surface area contributed by atoms with E-state index in [2.05, 4.69) is 23.1 Å². The van der Waals surface area contributed by atoms with Gasteiger partial charge in [-0.1, -0.05) is 6.92 Å². The second kappa shape index (κ2) is 5.45. The first kappa shape index (κ1) is 12.3. The molecule has 4 heteroatoms. The lowest BCUT2D eigenvalue weighted by Crippen LogP contribution is -2.41. The van der Waals surface area contributed by atoms with Crippen molar-refractivity contribution in [2.75, 3.05) is 19.6 Å². The van der Waals surface area contributed by atoms with Crippen LogP contribution in [0.4, 0.5) is 0 Å². The molecule has 1 aliphatic rings. The summed E-state index contributed by atoms with van der Waals surface area (Å²) in [5, 5.41) is 4.17. The Morgan fingerprint density at radius 2 is 2.35 bits per heavy atom. The third kappa shape index (κ3) is 3.16. The average molecular weight is 235 g/mol. The van der Waals surface area contributed by atoms with Crippen molar-refractivity contribution in [2.24, 2.45) is 13.0 Å². The predicted octanol–water partition coefficient (Wildman–Crippen LogP) is 1.26. The Morgan fingerprint density at radius 3 is 3.00 bits per heavy atom. The molecule has 0 bridgehead atoms. The first-order chi connectivity index (χ1) is 8.19. The maximum Gasteiger partial charge on any atom is 0.138 e. The van der Waals surface area contributed by atoms with E-state index in [-0.39, 0.29) is 5.92 Å². The smallest absolute Gasteiger partial charge is 0.138 e. The van der Waals surface area contributed by atoms with Gasteiger partial charge in [-0.15, -0.1) is 0 Å². The molecule has 1 aromatic heterocycles. The van der Waals surface area contributed by atoms with Gasteiger partial charge in [-0.05, 0) is 18.4 Å². The number of piperidine rings is 1. The molecule has 2 rings (SSSR count). The van der Waals surface area contributed by atoms with E-state index < -0.39 is 0 Å². The predicted molar refractivity (Wildman–Crippen MR) is 66.8 cm³/mol. The third-order valence-corrected chi connectivity index (χ3v) is 3.58. The molecule has 1 aliphatic heterocycles. The molecule has 0 amide bonds. The number of rotatable bonds is 4. The fourth-order valence-electron chi connectivity index (χ4n) is 2.43. The zero-order valence-corrected chi connectivity index (χ0v) is 10.7. The van der Waals surface area contributed by atoms with E-state index in [1.807, 2.05) is 17.9 Å². The van der Waals surface area contributed by atoms with Crippen LogP contribution in [0.5, 0.6) is 0 Å². The maximum absolute atomic E-state index is 11.6. The molecule has 1 fully saturated rings. The molecule has 0 spiro atoms. The molecule has 17 heavy (non-hydrogen) atoms. The Balaban J connectivity index is 1.82. The van der Waals surface area contributed by atoms with Crippen LogP contribution in [0, 0.1) is 5.92 Å². The summed E-state index contributed by atoms with van der Waals surface area (Å²) in [6.45, 7) is 5.01. The Bertz CT molecular complexity index is 386. The summed E-state index contributed by atoms with van der Waals surface area (Å²) in [4.78, 5) is 14.0. The highest BCUT2D eigenvalue weighted by atomic mass is 16.1. The van der Waals surface area contributed by atoms with Crippen LogP contribution >= 0.6 is 0 Å². The number of hydrogen-bond donors (Lipinski definition) is 0. The topological polar surface area (TPSA) is 38.1 Å². The summed E-state index contributed by atoms with van der Waals surface area (Å²) in [7, 11) is 1.94. The quantitative estimate of drug-likeness (QED) is 0.788. The van der Waals surface area contributed by atoms with Crippen LogP contribution in [0.2, 0.25) is 0 Å². The number of aromatic nitrogens is 2.